The van der Waals surface area contributed by atoms with Crippen LogP contribution in [0.2, 0.25) is 0 Å². The Hall–Kier alpha value is -2.08. The highest BCUT2D eigenvalue weighted by molar-refractivity contribution is 8.00. The Labute approximate surface area is 152 Å². The summed E-state index contributed by atoms with van der Waals surface area (Å²) < 4.78 is 0. The number of hydrogen-bond donors (Lipinski definition) is 2. The predicted octanol–water partition coefficient (Wildman–Crippen LogP) is 3.85. The van der Waals surface area contributed by atoms with E-state index in [2.05, 4.69) is 15.3 Å². The lowest BCUT2D eigenvalue weighted by Crippen LogP contribution is -2.26. The van der Waals surface area contributed by atoms with E-state index in [0.717, 1.165) is 35.3 Å². The first-order chi connectivity index (χ1) is 11.9. The van der Waals surface area contributed by atoms with E-state index >= 15 is 0 Å². The van der Waals surface area contributed by atoms with Crippen LogP contribution < -0.4 is 10.9 Å². The molecule has 0 saturated heterocycles. The van der Waals surface area contributed by atoms with Gasteiger partial charge in [0, 0.05) is 17.4 Å². The molecule has 25 heavy (non-hydrogen) atoms. The number of anilines is 1. The lowest BCUT2D eigenvalue weighted by atomic mass is 10.1. The number of aryl methyl sites for hydroxylation is 2. The van der Waals surface area contributed by atoms with Gasteiger partial charge in [0.15, 0.2) is 5.16 Å². The molecule has 0 fully saturated rings. The summed E-state index contributed by atoms with van der Waals surface area (Å²) in [6.07, 6.45) is 2.32. The molecular formula is C19H25N3O2S. The maximum atomic E-state index is 12.7. The van der Waals surface area contributed by atoms with Crippen LogP contribution in [0.3, 0.4) is 0 Å². The molecule has 1 amide bonds. The smallest absolute Gasteiger partial charge is 0.251 e. The molecule has 0 aliphatic rings. The van der Waals surface area contributed by atoms with E-state index in [4.69, 9.17) is 0 Å². The first kappa shape index (κ1) is 19.2. The summed E-state index contributed by atoms with van der Waals surface area (Å²) >= 11 is 1.30. The van der Waals surface area contributed by atoms with Gasteiger partial charge in [0.05, 0.1) is 5.25 Å². The number of nitrogens with zero attached hydrogens (tertiary/aromatic N) is 1. The molecule has 0 spiro atoms. The minimum absolute atomic E-state index is 0.0789. The van der Waals surface area contributed by atoms with Crippen molar-refractivity contribution >= 4 is 23.4 Å². The third kappa shape index (κ3) is 5.19. The highest BCUT2D eigenvalue weighted by Crippen LogP contribution is 2.25. The summed E-state index contributed by atoms with van der Waals surface area (Å²) in [5.74, 6) is -0.0789. The van der Waals surface area contributed by atoms with Crippen molar-refractivity contribution in [3.8, 4) is 0 Å². The number of hydrogen-bond acceptors (Lipinski definition) is 4. The lowest BCUT2D eigenvalue weighted by Gasteiger charge is -2.16. The summed E-state index contributed by atoms with van der Waals surface area (Å²) in [4.78, 5) is 31.6. The van der Waals surface area contributed by atoms with Gasteiger partial charge in [0.1, 0.15) is 0 Å². The van der Waals surface area contributed by atoms with E-state index in [9.17, 15) is 9.59 Å². The van der Waals surface area contributed by atoms with Gasteiger partial charge in [-0.2, -0.15) is 0 Å². The van der Waals surface area contributed by atoms with Gasteiger partial charge in [-0.25, -0.2) is 4.98 Å². The molecule has 1 unspecified atom stereocenters. The quantitative estimate of drug-likeness (QED) is 0.582. The molecule has 0 saturated carbocycles. The van der Waals surface area contributed by atoms with Gasteiger partial charge in [0.2, 0.25) is 5.91 Å². The van der Waals surface area contributed by atoms with Crippen molar-refractivity contribution in [3.63, 3.8) is 0 Å². The van der Waals surface area contributed by atoms with Crippen molar-refractivity contribution in [2.24, 2.45) is 0 Å². The Bertz CT molecular complexity index is 801. The maximum Gasteiger partial charge on any atom is 0.251 e. The van der Waals surface area contributed by atoms with Crippen LogP contribution in [-0.2, 0) is 11.2 Å². The van der Waals surface area contributed by atoms with E-state index in [1.165, 1.54) is 17.8 Å². The first-order valence-corrected chi connectivity index (χ1v) is 9.46. The van der Waals surface area contributed by atoms with E-state index in [0.29, 0.717) is 11.6 Å². The molecule has 2 rings (SSSR count). The topological polar surface area (TPSA) is 74.8 Å². The molecular weight excluding hydrogens is 334 g/mol. The lowest BCUT2D eigenvalue weighted by molar-refractivity contribution is -0.115. The minimum atomic E-state index is -0.320. The molecule has 0 aliphatic carbocycles. The van der Waals surface area contributed by atoms with E-state index in [1.54, 1.807) is 0 Å². The predicted molar refractivity (Wildman–Crippen MR) is 103 cm³/mol. The number of carbonyl (C=O) groups excluding carboxylic acids is 1. The van der Waals surface area contributed by atoms with Gasteiger partial charge >= 0.3 is 0 Å². The fourth-order valence-electron chi connectivity index (χ4n) is 2.48. The van der Waals surface area contributed by atoms with Crippen LogP contribution in [0, 0.1) is 13.8 Å². The molecule has 1 aromatic carbocycles. The fraction of sp³-hybridized carbons (Fsp3) is 0.421. The van der Waals surface area contributed by atoms with Gasteiger partial charge in [-0.05, 0) is 43.9 Å². The Balaban J connectivity index is 2.15. The number of carbonyl (C=O) groups is 1. The first-order valence-electron chi connectivity index (χ1n) is 8.58. The van der Waals surface area contributed by atoms with Gasteiger partial charge in [-0.15, -0.1) is 0 Å². The van der Waals surface area contributed by atoms with Crippen LogP contribution in [0.5, 0.6) is 0 Å². The SMILES string of the molecule is CCCc1cc(=O)[nH]c(SC(CC)C(=O)Nc2cccc(C)c2C)n1. The molecule has 0 bridgehead atoms. The zero-order valence-electron chi connectivity index (χ0n) is 15.2. The monoisotopic (exact) mass is 359 g/mol. The second kappa shape index (κ2) is 8.85. The number of rotatable bonds is 7. The average molecular weight is 359 g/mol. The van der Waals surface area contributed by atoms with E-state index in [1.807, 2.05) is 45.9 Å². The molecule has 2 N–H and O–H groups in total. The molecule has 0 aliphatic heterocycles. The minimum Gasteiger partial charge on any atom is -0.325 e. The number of benzene rings is 1. The Kier molecular flexibility index (Phi) is 6.82. The summed E-state index contributed by atoms with van der Waals surface area (Å²) in [6.45, 7) is 8.01. The number of H-pyrrole nitrogens is 1. The third-order valence-electron chi connectivity index (χ3n) is 4.06. The summed E-state index contributed by atoms with van der Waals surface area (Å²) in [5, 5.41) is 3.18. The average Bonchev–Trinajstić information content (AvgIpc) is 2.56. The fourth-order valence-corrected chi connectivity index (χ4v) is 3.41. The molecule has 0 radical (unpaired) electrons. The second-order valence-corrected chi connectivity index (χ2v) is 7.23. The number of nitrogens with one attached hydrogen (secondary N) is 2. The van der Waals surface area contributed by atoms with Gasteiger partial charge in [0.25, 0.3) is 5.56 Å². The number of aromatic amines is 1. The Morgan fingerprint density at radius 2 is 2.08 bits per heavy atom. The van der Waals surface area contributed by atoms with Crippen molar-refractivity contribution in [3.05, 3.63) is 51.4 Å². The van der Waals surface area contributed by atoms with Crippen molar-refractivity contribution in [1.82, 2.24) is 9.97 Å². The van der Waals surface area contributed by atoms with E-state index < -0.39 is 0 Å². The Morgan fingerprint density at radius 1 is 1.32 bits per heavy atom. The van der Waals surface area contributed by atoms with Crippen LogP contribution in [0.25, 0.3) is 0 Å². The van der Waals surface area contributed by atoms with Crippen LogP contribution in [0.1, 0.15) is 43.5 Å². The number of amides is 1. The number of aromatic nitrogens is 2. The zero-order chi connectivity index (χ0) is 18.4. The van der Waals surface area contributed by atoms with Gasteiger partial charge < -0.3 is 10.3 Å². The van der Waals surface area contributed by atoms with Crippen LogP contribution in [-0.4, -0.2) is 21.1 Å². The third-order valence-corrected chi connectivity index (χ3v) is 5.31. The molecule has 6 heteroatoms. The highest BCUT2D eigenvalue weighted by Gasteiger charge is 2.20. The van der Waals surface area contributed by atoms with Crippen molar-refractivity contribution < 1.29 is 4.79 Å². The van der Waals surface area contributed by atoms with Crippen molar-refractivity contribution in [2.75, 3.05) is 5.32 Å². The van der Waals surface area contributed by atoms with Crippen LogP contribution in [0.4, 0.5) is 5.69 Å². The largest absolute Gasteiger partial charge is 0.325 e. The molecule has 1 aromatic heterocycles. The van der Waals surface area contributed by atoms with Crippen molar-refractivity contribution in [1.29, 1.82) is 0 Å². The molecule has 1 heterocycles. The second-order valence-electron chi connectivity index (χ2n) is 6.04. The van der Waals surface area contributed by atoms with Crippen molar-refractivity contribution in [2.45, 2.75) is 57.4 Å². The molecule has 1 atom stereocenters. The number of thioether (sulfide) groups is 1. The van der Waals surface area contributed by atoms with E-state index in [-0.39, 0.29) is 16.7 Å². The summed E-state index contributed by atoms with van der Waals surface area (Å²) in [5.41, 5.74) is 3.61. The standard InChI is InChI=1S/C19H25N3O2S/c1-5-8-14-11-17(23)22-19(20-14)25-16(6-2)18(24)21-15-10-7-9-12(3)13(15)4/h7,9-11,16H,5-6,8H2,1-4H3,(H,21,24)(H,20,22,23). The summed E-state index contributed by atoms with van der Waals surface area (Å²) in [6, 6.07) is 7.37. The molecule has 134 valence electrons. The van der Waals surface area contributed by atoms with Crippen LogP contribution >= 0.6 is 11.8 Å². The Morgan fingerprint density at radius 3 is 2.76 bits per heavy atom. The molecule has 2 aromatic rings. The van der Waals surface area contributed by atoms with Crippen LogP contribution in [0.15, 0.2) is 34.2 Å². The summed E-state index contributed by atoms with van der Waals surface area (Å²) in [7, 11) is 0. The van der Waals surface area contributed by atoms with Gasteiger partial charge in [-0.3, -0.25) is 9.59 Å². The van der Waals surface area contributed by atoms with Gasteiger partial charge in [-0.1, -0.05) is 44.2 Å². The zero-order valence-corrected chi connectivity index (χ0v) is 16.0. The normalized spacial score (nSPS) is 12.0. The highest BCUT2D eigenvalue weighted by atomic mass is 32.2. The maximum absolute atomic E-state index is 12.7. The molecule has 5 nitrogen and oxygen atoms in total.